The van der Waals surface area contributed by atoms with Crippen LogP contribution in [-0.2, 0) is 19.6 Å². The maximum Gasteiger partial charge on any atom is 0.340 e. The molecule has 0 bridgehead atoms. The van der Waals surface area contributed by atoms with Crippen LogP contribution in [0.2, 0.25) is 5.02 Å². The smallest absolute Gasteiger partial charge is 0.340 e. The Morgan fingerprint density at radius 1 is 1.11 bits per heavy atom. The third-order valence-electron chi connectivity index (χ3n) is 4.73. The van der Waals surface area contributed by atoms with Crippen LogP contribution in [0.5, 0.6) is 0 Å². The van der Waals surface area contributed by atoms with Gasteiger partial charge in [0.05, 0.1) is 30.6 Å². The number of carbonyl (C=O) groups excluding carboxylic acids is 2. The first-order valence-electron chi connectivity index (χ1n) is 10.1. The maximum atomic E-state index is 13.1. The summed E-state index contributed by atoms with van der Waals surface area (Å²) in [6.45, 7) is -0.740. The SMILES string of the molecule is O=C(COC(=O)c1cc(S(=O)(=O)Nc2ccc(F)cc2)ccc1Cl)Nc1nc2ccc([N+](=O)[O-])cc2s1. The van der Waals surface area contributed by atoms with E-state index >= 15 is 0 Å². The van der Waals surface area contributed by atoms with Gasteiger partial charge in [-0.15, -0.1) is 0 Å². The van der Waals surface area contributed by atoms with E-state index in [0.29, 0.717) is 10.2 Å². The first-order valence-corrected chi connectivity index (χ1v) is 12.8. The van der Waals surface area contributed by atoms with Gasteiger partial charge in [0.15, 0.2) is 11.7 Å². The highest BCUT2D eigenvalue weighted by atomic mass is 35.5. The number of nitrogens with zero attached hydrogens (tertiary/aromatic N) is 2. The molecule has 0 aliphatic rings. The van der Waals surface area contributed by atoms with E-state index in [9.17, 15) is 32.5 Å². The molecule has 4 rings (SSSR count). The number of benzene rings is 3. The average molecular weight is 565 g/mol. The molecule has 0 unspecified atom stereocenters. The van der Waals surface area contributed by atoms with E-state index in [1.54, 1.807) is 0 Å². The van der Waals surface area contributed by atoms with Crippen molar-refractivity contribution in [1.82, 2.24) is 4.98 Å². The van der Waals surface area contributed by atoms with E-state index < -0.39 is 39.2 Å². The van der Waals surface area contributed by atoms with Crippen molar-refractivity contribution in [2.24, 2.45) is 0 Å². The Kier molecular flexibility index (Phi) is 7.33. The summed E-state index contributed by atoms with van der Waals surface area (Å²) in [4.78, 5) is 38.9. The number of hydrogen-bond acceptors (Lipinski definition) is 9. The molecule has 1 heterocycles. The van der Waals surface area contributed by atoms with Crippen molar-refractivity contribution in [3.63, 3.8) is 0 Å². The van der Waals surface area contributed by atoms with Crippen LogP contribution in [0.1, 0.15) is 10.4 Å². The van der Waals surface area contributed by atoms with Crippen molar-refractivity contribution in [1.29, 1.82) is 0 Å². The number of nitrogens with one attached hydrogen (secondary N) is 2. The van der Waals surface area contributed by atoms with Gasteiger partial charge >= 0.3 is 5.97 Å². The zero-order valence-corrected chi connectivity index (χ0v) is 20.7. The molecule has 37 heavy (non-hydrogen) atoms. The minimum Gasteiger partial charge on any atom is -0.452 e. The Morgan fingerprint density at radius 3 is 2.54 bits per heavy atom. The highest BCUT2D eigenvalue weighted by Crippen LogP contribution is 2.29. The Balaban J connectivity index is 1.42. The van der Waals surface area contributed by atoms with Crippen molar-refractivity contribution >= 4 is 71.6 Å². The Morgan fingerprint density at radius 2 is 1.84 bits per heavy atom. The van der Waals surface area contributed by atoms with E-state index in [1.165, 1.54) is 36.4 Å². The van der Waals surface area contributed by atoms with E-state index in [0.717, 1.165) is 35.6 Å². The van der Waals surface area contributed by atoms with Crippen molar-refractivity contribution in [2.45, 2.75) is 4.90 Å². The average Bonchev–Trinajstić information content (AvgIpc) is 3.25. The van der Waals surface area contributed by atoms with Crippen molar-refractivity contribution < 1.29 is 32.1 Å². The van der Waals surface area contributed by atoms with Crippen molar-refractivity contribution in [3.05, 3.63) is 87.2 Å². The number of rotatable bonds is 8. The number of carbonyl (C=O) groups is 2. The molecule has 11 nitrogen and oxygen atoms in total. The highest BCUT2D eigenvalue weighted by Gasteiger charge is 2.21. The van der Waals surface area contributed by atoms with Crippen LogP contribution in [0.3, 0.4) is 0 Å². The molecule has 0 spiro atoms. The number of esters is 1. The Labute approximate surface area is 217 Å². The third-order valence-corrected chi connectivity index (χ3v) is 7.37. The Bertz CT molecular complexity index is 1640. The molecule has 0 aliphatic heterocycles. The first-order chi connectivity index (χ1) is 17.5. The van der Waals surface area contributed by atoms with Crippen LogP contribution in [0, 0.1) is 15.9 Å². The van der Waals surface area contributed by atoms with Crippen LogP contribution >= 0.6 is 22.9 Å². The van der Waals surface area contributed by atoms with Gasteiger partial charge in [-0.1, -0.05) is 22.9 Å². The minimum absolute atomic E-state index is 0.0987. The number of anilines is 2. The lowest BCUT2D eigenvalue weighted by Crippen LogP contribution is -2.21. The number of nitro benzene ring substituents is 1. The summed E-state index contributed by atoms with van der Waals surface area (Å²) in [5.74, 6) is -2.35. The zero-order chi connectivity index (χ0) is 26.7. The molecular weight excluding hydrogens is 551 g/mol. The van der Waals surface area contributed by atoms with Gasteiger partial charge in [0.1, 0.15) is 5.82 Å². The number of non-ortho nitro benzene ring substituents is 1. The summed E-state index contributed by atoms with van der Waals surface area (Å²) >= 11 is 7.02. The summed E-state index contributed by atoms with van der Waals surface area (Å²) in [6.07, 6.45) is 0. The number of halogens is 2. The molecule has 4 aromatic rings. The first kappa shape index (κ1) is 25.9. The quantitative estimate of drug-likeness (QED) is 0.179. The van der Waals surface area contributed by atoms with E-state index in [-0.39, 0.29) is 32.0 Å². The fourth-order valence-corrected chi connectivity index (χ4v) is 5.20. The third kappa shape index (κ3) is 6.17. The van der Waals surface area contributed by atoms with Crippen LogP contribution in [-0.4, -0.2) is 36.8 Å². The van der Waals surface area contributed by atoms with E-state index in [4.69, 9.17) is 16.3 Å². The molecule has 0 aliphatic carbocycles. The predicted octanol–water partition coefficient (Wildman–Crippen LogP) is 4.59. The number of sulfonamides is 1. The second kappa shape index (κ2) is 10.5. The molecule has 0 radical (unpaired) electrons. The second-order valence-corrected chi connectivity index (χ2v) is 10.4. The summed E-state index contributed by atoms with van der Waals surface area (Å²) < 4.78 is 46.1. The lowest BCUT2D eigenvalue weighted by atomic mass is 10.2. The summed E-state index contributed by atoms with van der Waals surface area (Å²) in [5, 5.41) is 13.3. The monoisotopic (exact) mass is 564 g/mol. The molecule has 0 fully saturated rings. The summed E-state index contributed by atoms with van der Waals surface area (Å²) in [5.41, 5.74) is 0.101. The van der Waals surface area contributed by atoms with Crippen molar-refractivity contribution in [3.8, 4) is 0 Å². The molecular formula is C22H14ClFN4O7S2. The topological polar surface area (TPSA) is 158 Å². The van der Waals surface area contributed by atoms with Crippen LogP contribution < -0.4 is 10.0 Å². The molecule has 0 atom stereocenters. The number of amides is 1. The summed E-state index contributed by atoms with van der Waals surface area (Å²) in [6, 6.07) is 12.0. The van der Waals surface area contributed by atoms with E-state index in [1.807, 2.05) is 0 Å². The van der Waals surface area contributed by atoms with Crippen LogP contribution in [0.4, 0.5) is 20.9 Å². The summed E-state index contributed by atoms with van der Waals surface area (Å²) in [7, 11) is -4.16. The van der Waals surface area contributed by atoms with Crippen molar-refractivity contribution in [2.75, 3.05) is 16.6 Å². The molecule has 15 heteroatoms. The number of hydrogen-bond donors (Lipinski definition) is 2. The van der Waals surface area contributed by atoms with Gasteiger partial charge < -0.3 is 4.74 Å². The largest absolute Gasteiger partial charge is 0.452 e. The number of fused-ring (bicyclic) bond motifs is 1. The lowest BCUT2D eigenvalue weighted by Gasteiger charge is -2.11. The van der Waals surface area contributed by atoms with Gasteiger partial charge in [-0.2, -0.15) is 0 Å². The van der Waals surface area contributed by atoms with Gasteiger partial charge in [-0.3, -0.25) is 24.9 Å². The van der Waals surface area contributed by atoms with Crippen LogP contribution in [0.15, 0.2) is 65.6 Å². The maximum absolute atomic E-state index is 13.1. The highest BCUT2D eigenvalue weighted by molar-refractivity contribution is 7.92. The van der Waals surface area contributed by atoms with Gasteiger partial charge in [-0.25, -0.2) is 22.6 Å². The molecule has 0 saturated carbocycles. The molecule has 190 valence electrons. The Hall–Kier alpha value is -4.14. The minimum atomic E-state index is -4.16. The lowest BCUT2D eigenvalue weighted by molar-refractivity contribution is -0.384. The fourth-order valence-electron chi connectivity index (χ4n) is 3.00. The molecule has 0 saturated heterocycles. The predicted molar refractivity (Wildman–Crippen MR) is 134 cm³/mol. The standard InChI is InChI=1S/C22H14ClFN4O7S2/c23-17-7-6-15(37(33,34)27-13-3-1-12(24)2-4-13)10-16(17)21(30)35-11-20(29)26-22-25-18-8-5-14(28(31)32)9-19(18)36-22/h1-10,27H,11H2,(H,25,26,29). The number of nitro groups is 1. The number of aromatic nitrogens is 1. The molecule has 2 N–H and O–H groups in total. The molecule has 1 aromatic heterocycles. The fraction of sp³-hybridized carbons (Fsp3) is 0.0455. The molecule has 3 aromatic carbocycles. The number of thiazole rings is 1. The number of ether oxygens (including phenoxy) is 1. The normalized spacial score (nSPS) is 11.2. The molecule has 1 amide bonds. The van der Waals surface area contributed by atoms with Gasteiger partial charge in [-0.05, 0) is 48.5 Å². The van der Waals surface area contributed by atoms with Gasteiger partial charge in [0, 0.05) is 17.8 Å². The van der Waals surface area contributed by atoms with Crippen LogP contribution in [0.25, 0.3) is 10.2 Å². The zero-order valence-electron chi connectivity index (χ0n) is 18.3. The van der Waals surface area contributed by atoms with Gasteiger partial charge in [0.25, 0.3) is 21.6 Å². The second-order valence-electron chi connectivity index (χ2n) is 7.31. The van der Waals surface area contributed by atoms with Gasteiger partial charge in [0.2, 0.25) is 0 Å². The van der Waals surface area contributed by atoms with E-state index in [2.05, 4.69) is 15.0 Å².